The Morgan fingerprint density at radius 1 is 0.952 bits per heavy atom. The first-order valence-corrected chi connectivity index (χ1v) is 5.92. The van der Waals surface area contributed by atoms with Gasteiger partial charge in [-0.3, -0.25) is 24.8 Å². The summed E-state index contributed by atoms with van der Waals surface area (Å²) in [6.07, 6.45) is 1.10. The van der Waals surface area contributed by atoms with Crippen molar-refractivity contribution >= 4 is 16.5 Å². The number of nitrogens with one attached hydrogen (secondary N) is 3. The van der Waals surface area contributed by atoms with Crippen LogP contribution in [0.3, 0.4) is 0 Å². The lowest BCUT2D eigenvalue weighted by Crippen LogP contribution is -2.33. The van der Waals surface area contributed by atoms with Crippen LogP contribution in [0.4, 0.5) is 5.69 Å². The second-order valence-corrected chi connectivity index (χ2v) is 4.26. The first-order chi connectivity index (χ1) is 10.1. The van der Waals surface area contributed by atoms with Gasteiger partial charge in [0.15, 0.2) is 5.36 Å². The Balaban J connectivity index is 2.17. The molecule has 3 rings (SSSR count). The lowest BCUT2D eigenvalue weighted by molar-refractivity contribution is 1.02. The van der Waals surface area contributed by atoms with E-state index in [1.807, 2.05) is 4.98 Å². The SMILES string of the molecule is O=c1[nH]cc(NN=c2c(=O)c3ccccc3c2=O)c(=O)[nH]1. The molecular weight excluding hydrogens is 276 g/mol. The average molecular weight is 284 g/mol. The van der Waals surface area contributed by atoms with Crippen molar-refractivity contribution in [3.8, 4) is 0 Å². The van der Waals surface area contributed by atoms with Crippen molar-refractivity contribution in [2.75, 3.05) is 5.43 Å². The lowest BCUT2D eigenvalue weighted by Gasteiger charge is -1.95. The molecule has 0 radical (unpaired) electrons. The van der Waals surface area contributed by atoms with Gasteiger partial charge in [0, 0.05) is 17.0 Å². The molecule has 104 valence electrons. The van der Waals surface area contributed by atoms with Crippen molar-refractivity contribution in [3.63, 3.8) is 0 Å². The van der Waals surface area contributed by atoms with Gasteiger partial charge >= 0.3 is 5.69 Å². The maximum atomic E-state index is 12.0. The zero-order valence-electron chi connectivity index (χ0n) is 10.5. The van der Waals surface area contributed by atoms with E-state index in [-0.39, 0.29) is 21.8 Å². The molecule has 0 fully saturated rings. The van der Waals surface area contributed by atoms with Gasteiger partial charge in [-0.25, -0.2) is 4.79 Å². The van der Waals surface area contributed by atoms with E-state index in [1.54, 1.807) is 12.1 Å². The normalized spacial score (nSPS) is 10.7. The van der Waals surface area contributed by atoms with Crippen LogP contribution in [0.15, 0.2) is 54.7 Å². The number of aromatic nitrogens is 2. The number of rotatable bonds is 2. The van der Waals surface area contributed by atoms with Gasteiger partial charge in [-0.1, -0.05) is 24.3 Å². The molecule has 0 unspecified atom stereocenters. The summed E-state index contributed by atoms with van der Waals surface area (Å²) in [5.74, 6) is 0. The van der Waals surface area contributed by atoms with E-state index in [0.717, 1.165) is 6.20 Å². The maximum Gasteiger partial charge on any atom is 0.325 e. The van der Waals surface area contributed by atoms with E-state index in [9.17, 15) is 19.2 Å². The highest BCUT2D eigenvalue weighted by atomic mass is 16.2. The van der Waals surface area contributed by atoms with Gasteiger partial charge < -0.3 is 4.98 Å². The van der Waals surface area contributed by atoms with Crippen LogP contribution in [0.25, 0.3) is 10.8 Å². The second kappa shape index (κ2) is 4.67. The number of hydrogen-bond donors (Lipinski definition) is 3. The first-order valence-electron chi connectivity index (χ1n) is 5.92. The molecule has 3 N–H and O–H groups in total. The van der Waals surface area contributed by atoms with Gasteiger partial charge in [-0.05, 0) is 0 Å². The summed E-state index contributed by atoms with van der Waals surface area (Å²) >= 11 is 0. The number of anilines is 1. The Kier molecular flexibility index (Phi) is 2.83. The van der Waals surface area contributed by atoms with E-state index in [2.05, 4.69) is 15.5 Å². The van der Waals surface area contributed by atoms with Gasteiger partial charge in [-0.2, -0.15) is 5.10 Å². The molecule has 0 saturated carbocycles. The Morgan fingerprint density at radius 2 is 1.57 bits per heavy atom. The Labute approximate surface area is 115 Å². The highest BCUT2D eigenvalue weighted by Crippen LogP contribution is 2.01. The van der Waals surface area contributed by atoms with Crippen molar-refractivity contribution in [2.45, 2.75) is 0 Å². The van der Waals surface area contributed by atoms with Crippen LogP contribution < -0.4 is 32.9 Å². The molecular formula is C13H8N4O4. The van der Waals surface area contributed by atoms with Crippen LogP contribution in [-0.2, 0) is 0 Å². The fourth-order valence-electron chi connectivity index (χ4n) is 1.95. The fourth-order valence-corrected chi connectivity index (χ4v) is 1.95. The van der Waals surface area contributed by atoms with Crippen LogP contribution in [-0.4, -0.2) is 9.97 Å². The Hall–Kier alpha value is -3.29. The Morgan fingerprint density at radius 3 is 2.14 bits per heavy atom. The largest absolute Gasteiger partial charge is 0.325 e. The minimum atomic E-state index is -0.710. The van der Waals surface area contributed by atoms with Crippen LogP contribution in [0.2, 0.25) is 0 Å². The van der Waals surface area contributed by atoms with Crippen LogP contribution in [0.1, 0.15) is 0 Å². The maximum absolute atomic E-state index is 12.0. The number of aromatic amines is 2. The predicted molar refractivity (Wildman–Crippen MR) is 75.7 cm³/mol. The van der Waals surface area contributed by atoms with Crippen molar-refractivity contribution in [1.82, 2.24) is 9.97 Å². The highest BCUT2D eigenvalue weighted by Gasteiger charge is 2.10. The van der Waals surface area contributed by atoms with E-state index in [1.165, 1.54) is 12.1 Å². The third-order valence-electron chi connectivity index (χ3n) is 2.95. The van der Waals surface area contributed by atoms with Crippen LogP contribution in [0.5, 0.6) is 0 Å². The number of benzene rings is 1. The number of hydrogen-bond acceptors (Lipinski definition) is 6. The molecule has 0 atom stereocenters. The summed E-state index contributed by atoms with van der Waals surface area (Å²) in [7, 11) is 0. The predicted octanol–water partition coefficient (Wildman–Crippen LogP) is -1.26. The van der Waals surface area contributed by atoms with Crippen molar-refractivity contribution in [3.05, 3.63) is 77.1 Å². The minimum Gasteiger partial charge on any atom is -0.312 e. The zero-order chi connectivity index (χ0) is 15.0. The molecule has 1 aromatic heterocycles. The smallest absolute Gasteiger partial charge is 0.312 e. The molecule has 0 aliphatic heterocycles. The van der Waals surface area contributed by atoms with Crippen molar-refractivity contribution < 1.29 is 0 Å². The van der Waals surface area contributed by atoms with E-state index >= 15 is 0 Å². The van der Waals surface area contributed by atoms with E-state index in [0.29, 0.717) is 0 Å². The number of H-pyrrole nitrogens is 2. The second-order valence-electron chi connectivity index (χ2n) is 4.26. The molecule has 0 aliphatic carbocycles. The molecule has 3 aromatic rings. The summed E-state index contributed by atoms with van der Waals surface area (Å²) in [6.45, 7) is 0. The molecule has 0 amide bonds. The van der Waals surface area contributed by atoms with E-state index < -0.39 is 22.1 Å². The molecule has 1 heterocycles. The third-order valence-corrected chi connectivity index (χ3v) is 2.95. The van der Waals surface area contributed by atoms with Gasteiger partial charge in [0.05, 0.1) is 0 Å². The lowest BCUT2D eigenvalue weighted by atomic mass is 10.2. The fraction of sp³-hybridized carbons (Fsp3) is 0. The van der Waals surface area contributed by atoms with Gasteiger partial charge in [-0.15, -0.1) is 0 Å². The van der Waals surface area contributed by atoms with Crippen molar-refractivity contribution in [1.29, 1.82) is 0 Å². The molecule has 2 aromatic carbocycles. The van der Waals surface area contributed by atoms with Crippen LogP contribution in [0, 0.1) is 0 Å². The molecule has 8 heteroatoms. The highest BCUT2D eigenvalue weighted by molar-refractivity contribution is 5.83. The van der Waals surface area contributed by atoms with Crippen LogP contribution >= 0.6 is 0 Å². The van der Waals surface area contributed by atoms with E-state index in [4.69, 9.17) is 0 Å². The molecule has 21 heavy (non-hydrogen) atoms. The number of fused-ring (bicyclic) bond motifs is 1. The molecule has 0 aliphatic rings. The first kappa shape index (κ1) is 12.7. The summed E-state index contributed by atoms with van der Waals surface area (Å²) in [4.78, 5) is 50.6. The summed E-state index contributed by atoms with van der Waals surface area (Å²) in [5, 5.41) is 3.93. The Bertz CT molecular complexity index is 1050. The quantitative estimate of drug-likeness (QED) is 0.507. The zero-order valence-corrected chi connectivity index (χ0v) is 10.5. The number of nitrogens with zero attached hydrogens (tertiary/aromatic N) is 1. The molecule has 0 spiro atoms. The summed E-state index contributed by atoms with van der Waals surface area (Å²) < 4.78 is 0. The standard InChI is InChI=1S/C13H8N4O4/c18-10-6-3-1-2-4-7(6)11(19)9(10)17-16-8-5-14-13(21)15-12(8)20/h1-5,16H,(H2,14,15,20,21). The third kappa shape index (κ3) is 2.08. The monoisotopic (exact) mass is 284 g/mol. The summed E-state index contributed by atoms with van der Waals surface area (Å²) in [6, 6.07) is 6.36. The summed E-state index contributed by atoms with van der Waals surface area (Å²) in [5.41, 5.74) is -0.173. The minimum absolute atomic E-state index is 0.0846. The van der Waals surface area contributed by atoms with Gasteiger partial charge in [0.1, 0.15) is 5.69 Å². The topological polar surface area (TPSA) is 124 Å². The van der Waals surface area contributed by atoms with Crippen molar-refractivity contribution in [2.24, 2.45) is 5.10 Å². The van der Waals surface area contributed by atoms with Gasteiger partial charge in [0.25, 0.3) is 5.56 Å². The molecule has 8 nitrogen and oxygen atoms in total. The molecule has 0 saturated heterocycles. The van der Waals surface area contributed by atoms with Gasteiger partial charge in [0.2, 0.25) is 10.9 Å². The average Bonchev–Trinajstić information content (AvgIpc) is 2.71. The molecule has 0 bridgehead atoms.